The Labute approximate surface area is 182 Å². The van der Waals surface area contributed by atoms with E-state index >= 15 is 0 Å². The van der Waals surface area contributed by atoms with Gasteiger partial charge >= 0.3 is 5.97 Å². The van der Waals surface area contributed by atoms with Crippen molar-refractivity contribution in [2.45, 2.75) is 80.3 Å². The van der Waals surface area contributed by atoms with Crippen LogP contribution in [0.15, 0.2) is 36.4 Å². The number of hydrogen-bond acceptors (Lipinski definition) is 4. The van der Waals surface area contributed by atoms with Gasteiger partial charge in [-0.25, -0.2) is 0 Å². The van der Waals surface area contributed by atoms with Gasteiger partial charge in [0.1, 0.15) is 17.1 Å². The van der Waals surface area contributed by atoms with Crippen LogP contribution in [0, 0.1) is 19.3 Å². The maximum absolute atomic E-state index is 12.4. The molecule has 0 radical (unpaired) electrons. The molecule has 2 rings (SSSR count). The van der Waals surface area contributed by atoms with Gasteiger partial charge in [0, 0.05) is 11.4 Å². The third-order valence-electron chi connectivity index (χ3n) is 5.52. The highest BCUT2D eigenvalue weighted by Crippen LogP contribution is 2.31. The van der Waals surface area contributed by atoms with Crippen molar-refractivity contribution in [1.29, 1.82) is 0 Å². The molecule has 0 bridgehead atoms. The lowest BCUT2D eigenvalue weighted by Gasteiger charge is -2.27. The Hall–Kier alpha value is -2.49. The molecule has 0 saturated heterocycles. The molecule has 0 aliphatic carbocycles. The summed E-state index contributed by atoms with van der Waals surface area (Å²) in [5, 5.41) is 3.43. The molecule has 0 fully saturated rings. The molecule has 0 spiro atoms. The van der Waals surface area contributed by atoms with Crippen molar-refractivity contribution in [3.05, 3.63) is 47.5 Å². The Morgan fingerprint density at radius 3 is 1.90 bits per heavy atom. The van der Waals surface area contributed by atoms with Crippen molar-refractivity contribution in [2.24, 2.45) is 5.41 Å². The summed E-state index contributed by atoms with van der Waals surface area (Å²) in [6, 6.07) is 11.9. The number of carbonyl (C=O) groups excluding carboxylic acids is 1. The lowest BCUT2D eigenvalue weighted by molar-refractivity contribution is -0.144. The SMILES string of the molecule is CCCC(C)(C)Oc1ccc(Nc2ccc(OC(=O)C(C)(C)CC)c(C)c2)cc1C. The van der Waals surface area contributed by atoms with Crippen LogP contribution in [0.1, 0.15) is 71.9 Å². The van der Waals surface area contributed by atoms with Crippen LogP contribution in [0.4, 0.5) is 11.4 Å². The van der Waals surface area contributed by atoms with Crippen molar-refractivity contribution in [3.8, 4) is 11.5 Å². The van der Waals surface area contributed by atoms with Crippen LogP contribution in [0.25, 0.3) is 0 Å². The topological polar surface area (TPSA) is 47.6 Å². The molecule has 0 aliphatic rings. The van der Waals surface area contributed by atoms with Gasteiger partial charge in [-0.15, -0.1) is 0 Å². The second-order valence-electron chi connectivity index (χ2n) is 9.32. The molecule has 30 heavy (non-hydrogen) atoms. The highest BCUT2D eigenvalue weighted by molar-refractivity contribution is 5.79. The second kappa shape index (κ2) is 9.55. The fourth-order valence-corrected chi connectivity index (χ4v) is 3.18. The Morgan fingerprint density at radius 1 is 0.900 bits per heavy atom. The van der Waals surface area contributed by atoms with Gasteiger partial charge in [0.05, 0.1) is 5.41 Å². The van der Waals surface area contributed by atoms with E-state index in [1.807, 2.05) is 58.0 Å². The normalized spacial score (nSPS) is 11.9. The van der Waals surface area contributed by atoms with Gasteiger partial charge in [-0.1, -0.05) is 20.3 Å². The minimum Gasteiger partial charge on any atom is -0.488 e. The first-order valence-electron chi connectivity index (χ1n) is 10.9. The quantitative estimate of drug-likeness (QED) is 0.346. The summed E-state index contributed by atoms with van der Waals surface area (Å²) in [5.41, 5.74) is 3.28. The number of carbonyl (C=O) groups is 1. The zero-order valence-corrected chi connectivity index (χ0v) is 19.8. The number of ether oxygens (including phenoxy) is 2. The van der Waals surface area contributed by atoms with E-state index in [4.69, 9.17) is 9.47 Å². The lowest BCUT2D eigenvalue weighted by Crippen LogP contribution is -2.28. The molecular weight excluding hydrogens is 374 g/mol. The van der Waals surface area contributed by atoms with Crippen molar-refractivity contribution in [3.63, 3.8) is 0 Å². The van der Waals surface area contributed by atoms with E-state index in [0.717, 1.165) is 47.5 Å². The summed E-state index contributed by atoms with van der Waals surface area (Å²) in [6.07, 6.45) is 2.84. The molecule has 0 unspecified atom stereocenters. The molecule has 0 aliphatic heterocycles. The van der Waals surface area contributed by atoms with Crippen LogP contribution < -0.4 is 14.8 Å². The number of anilines is 2. The molecule has 0 saturated carbocycles. The van der Waals surface area contributed by atoms with Gasteiger partial charge in [-0.2, -0.15) is 0 Å². The van der Waals surface area contributed by atoms with Gasteiger partial charge in [0.25, 0.3) is 0 Å². The minimum absolute atomic E-state index is 0.175. The average Bonchev–Trinajstić information content (AvgIpc) is 2.66. The van der Waals surface area contributed by atoms with Crippen LogP contribution in [0.3, 0.4) is 0 Å². The zero-order valence-electron chi connectivity index (χ0n) is 19.8. The van der Waals surface area contributed by atoms with Gasteiger partial charge in [-0.05, 0) is 102 Å². The molecule has 2 aromatic carbocycles. The maximum atomic E-state index is 12.4. The first-order valence-corrected chi connectivity index (χ1v) is 10.9. The van der Waals surface area contributed by atoms with E-state index in [0.29, 0.717) is 5.75 Å². The maximum Gasteiger partial charge on any atom is 0.316 e. The summed E-state index contributed by atoms with van der Waals surface area (Å²) in [6.45, 7) is 16.2. The monoisotopic (exact) mass is 411 g/mol. The molecule has 164 valence electrons. The molecule has 2 aromatic rings. The number of rotatable bonds is 9. The first kappa shape index (κ1) is 23.8. The zero-order chi connectivity index (χ0) is 22.5. The summed E-state index contributed by atoms with van der Waals surface area (Å²) >= 11 is 0. The highest BCUT2D eigenvalue weighted by atomic mass is 16.5. The fraction of sp³-hybridized carbons (Fsp3) is 0.500. The molecule has 0 aromatic heterocycles. The summed E-state index contributed by atoms with van der Waals surface area (Å²) in [5.74, 6) is 1.31. The van der Waals surface area contributed by atoms with Gasteiger partial charge in [0.2, 0.25) is 0 Å². The lowest BCUT2D eigenvalue weighted by atomic mass is 9.91. The molecule has 0 atom stereocenters. The number of aryl methyl sites for hydroxylation is 2. The van der Waals surface area contributed by atoms with Gasteiger partial charge in [0.15, 0.2) is 0 Å². The van der Waals surface area contributed by atoms with E-state index < -0.39 is 5.41 Å². The fourth-order valence-electron chi connectivity index (χ4n) is 3.18. The molecular formula is C26H37NO3. The van der Waals surface area contributed by atoms with E-state index in [9.17, 15) is 4.79 Å². The van der Waals surface area contributed by atoms with Gasteiger partial charge in [-0.3, -0.25) is 4.79 Å². The predicted octanol–water partition coefficient (Wildman–Crippen LogP) is 7.35. The van der Waals surface area contributed by atoms with E-state index in [1.165, 1.54) is 0 Å². The van der Waals surface area contributed by atoms with Crippen LogP contribution in [-0.2, 0) is 4.79 Å². The predicted molar refractivity (Wildman–Crippen MR) is 125 cm³/mol. The number of nitrogens with one attached hydrogen (secondary N) is 1. The Morgan fingerprint density at radius 2 is 1.43 bits per heavy atom. The van der Waals surface area contributed by atoms with E-state index in [1.54, 1.807) is 0 Å². The van der Waals surface area contributed by atoms with Crippen molar-refractivity contribution >= 4 is 17.3 Å². The van der Waals surface area contributed by atoms with Gasteiger partial charge < -0.3 is 14.8 Å². The Kier molecular flexibility index (Phi) is 7.57. The van der Waals surface area contributed by atoms with E-state index in [-0.39, 0.29) is 11.6 Å². The van der Waals surface area contributed by atoms with E-state index in [2.05, 4.69) is 39.1 Å². The molecule has 0 heterocycles. The Balaban J connectivity index is 2.11. The molecule has 0 amide bonds. The third-order valence-corrected chi connectivity index (χ3v) is 5.52. The smallest absolute Gasteiger partial charge is 0.316 e. The van der Waals surface area contributed by atoms with Crippen molar-refractivity contribution in [2.75, 3.05) is 5.32 Å². The Bertz CT molecular complexity index is 884. The number of benzene rings is 2. The summed E-state index contributed by atoms with van der Waals surface area (Å²) in [7, 11) is 0. The van der Waals surface area contributed by atoms with Crippen molar-refractivity contribution in [1.82, 2.24) is 0 Å². The number of esters is 1. The molecule has 4 nitrogen and oxygen atoms in total. The van der Waals surface area contributed by atoms with Crippen LogP contribution in [0.2, 0.25) is 0 Å². The van der Waals surface area contributed by atoms with Crippen molar-refractivity contribution < 1.29 is 14.3 Å². The first-order chi connectivity index (χ1) is 14.0. The van der Waals surface area contributed by atoms with Crippen LogP contribution >= 0.6 is 0 Å². The second-order valence-corrected chi connectivity index (χ2v) is 9.32. The third kappa shape index (κ3) is 6.25. The summed E-state index contributed by atoms with van der Waals surface area (Å²) < 4.78 is 11.8. The minimum atomic E-state index is -0.490. The highest BCUT2D eigenvalue weighted by Gasteiger charge is 2.28. The van der Waals surface area contributed by atoms with Crippen LogP contribution in [-0.4, -0.2) is 11.6 Å². The number of hydrogen-bond donors (Lipinski definition) is 1. The standard InChI is InChI=1S/C26H37NO3/c1-9-15-26(7,8)30-23-14-12-21(17-19(23)4)27-20-11-13-22(18(3)16-20)29-24(28)25(5,6)10-2/h11-14,16-17,27H,9-10,15H2,1-8H3. The average molecular weight is 412 g/mol. The summed E-state index contributed by atoms with van der Waals surface area (Å²) in [4.78, 5) is 12.4. The molecule has 4 heteroatoms. The van der Waals surface area contributed by atoms with Crippen LogP contribution in [0.5, 0.6) is 11.5 Å². The largest absolute Gasteiger partial charge is 0.488 e. The molecule has 1 N–H and O–H groups in total.